The predicted molar refractivity (Wildman–Crippen MR) is 107 cm³/mol. The average molecular weight is 376 g/mol. The summed E-state index contributed by atoms with van der Waals surface area (Å²) in [5, 5.41) is 6.75. The lowest BCUT2D eigenvalue weighted by Crippen LogP contribution is -2.31. The van der Waals surface area contributed by atoms with Crippen molar-refractivity contribution in [1.82, 2.24) is 10.3 Å². The summed E-state index contributed by atoms with van der Waals surface area (Å²) in [6, 6.07) is 16.4. The number of hydrogen-bond acceptors (Lipinski definition) is 4. The van der Waals surface area contributed by atoms with Crippen molar-refractivity contribution in [1.29, 1.82) is 0 Å². The van der Waals surface area contributed by atoms with Gasteiger partial charge in [0.15, 0.2) is 0 Å². The van der Waals surface area contributed by atoms with Crippen molar-refractivity contribution in [2.45, 2.75) is 13.0 Å². The highest BCUT2D eigenvalue weighted by molar-refractivity contribution is 5.99. The van der Waals surface area contributed by atoms with E-state index in [2.05, 4.69) is 15.6 Å². The number of anilines is 2. The average Bonchev–Trinajstić information content (AvgIpc) is 3.14. The highest BCUT2D eigenvalue weighted by Crippen LogP contribution is 2.24. The van der Waals surface area contributed by atoms with E-state index in [0.29, 0.717) is 18.8 Å². The molecular formula is C21H20N4O3. The highest BCUT2D eigenvalue weighted by Gasteiger charge is 2.24. The third kappa shape index (κ3) is 3.59. The van der Waals surface area contributed by atoms with E-state index in [1.54, 1.807) is 11.1 Å². The number of pyridine rings is 1. The Morgan fingerprint density at radius 2 is 2.00 bits per heavy atom. The topological polar surface area (TPSA) is 83.6 Å². The Kier molecular flexibility index (Phi) is 4.80. The number of benzene rings is 2. The van der Waals surface area contributed by atoms with Gasteiger partial charge in [-0.1, -0.05) is 30.3 Å². The van der Waals surface area contributed by atoms with Crippen molar-refractivity contribution in [3.8, 4) is 0 Å². The van der Waals surface area contributed by atoms with Gasteiger partial charge in [0.2, 0.25) is 0 Å². The van der Waals surface area contributed by atoms with Crippen LogP contribution in [0.1, 0.15) is 18.5 Å². The zero-order valence-corrected chi connectivity index (χ0v) is 15.4. The first-order chi connectivity index (χ1) is 13.6. The van der Waals surface area contributed by atoms with Crippen LogP contribution in [0.2, 0.25) is 0 Å². The lowest BCUT2D eigenvalue weighted by Gasteiger charge is -2.18. The third-order valence-electron chi connectivity index (χ3n) is 4.67. The molecule has 1 fully saturated rings. The second kappa shape index (κ2) is 7.56. The highest BCUT2D eigenvalue weighted by atomic mass is 16.6. The molecule has 1 saturated heterocycles. The van der Waals surface area contributed by atoms with Crippen molar-refractivity contribution in [2.75, 3.05) is 23.4 Å². The summed E-state index contributed by atoms with van der Waals surface area (Å²) < 4.78 is 4.99. The van der Waals surface area contributed by atoms with Gasteiger partial charge in [-0.05, 0) is 36.8 Å². The summed E-state index contributed by atoms with van der Waals surface area (Å²) in [7, 11) is 0. The van der Waals surface area contributed by atoms with Crippen LogP contribution in [0.4, 0.5) is 21.0 Å². The van der Waals surface area contributed by atoms with Crippen LogP contribution in [-0.4, -0.2) is 30.3 Å². The molecule has 28 heavy (non-hydrogen) atoms. The van der Waals surface area contributed by atoms with Crippen LogP contribution in [0.5, 0.6) is 0 Å². The largest absolute Gasteiger partial charge is 0.447 e. The van der Waals surface area contributed by atoms with Gasteiger partial charge in [-0.2, -0.15) is 0 Å². The Morgan fingerprint density at radius 1 is 1.18 bits per heavy atom. The van der Waals surface area contributed by atoms with Crippen LogP contribution in [0.25, 0.3) is 10.9 Å². The fourth-order valence-electron chi connectivity index (χ4n) is 3.23. The number of carbonyl (C=O) groups is 2. The summed E-state index contributed by atoms with van der Waals surface area (Å²) in [6.07, 6.45) is 1.35. The van der Waals surface area contributed by atoms with Crippen LogP contribution in [0.3, 0.4) is 0 Å². The standard InChI is InChI=1S/C21H20N4O3/c1-14(16-6-2-8-17(13-16)25-11-12-28-21(25)27)23-20(26)24-18-9-3-5-15-7-4-10-22-19(15)18/h2-10,13-14H,11-12H2,1H3,(H2,23,24,26). The Balaban J connectivity index is 1.47. The minimum absolute atomic E-state index is 0.249. The van der Waals surface area contributed by atoms with Gasteiger partial charge < -0.3 is 15.4 Å². The molecule has 3 amide bonds. The summed E-state index contributed by atoms with van der Waals surface area (Å²) in [5.41, 5.74) is 3.04. The monoisotopic (exact) mass is 376 g/mol. The van der Waals surface area contributed by atoms with Crippen molar-refractivity contribution < 1.29 is 14.3 Å². The maximum absolute atomic E-state index is 12.5. The predicted octanol–water partition coefficient (Wildman–Crippen LogP) is 4.07. The Hall–Kier alpha value is -3.61. The lowest BCUT2D eigenvalue weighted by atomic mass is 10.1. The van der Waals surface area contributed by atoms with Crippen molar-refractivity contribution in [2.24, 2.45) is 0 Å². The van der Waals surface area contributed by atoms with E-state index in [4.69, 9.17) is 4.74 Å². The van der Waals surface area contributed by atoms with Gasteiger partial charge in [0.1, 0.15) is 6.61 Å². The normalized spacial score (nSPS) is 14.6. The fourth-order valence-corrected chi connectivity index (χ4v) is 3.23. The van der Waals surface area contributed by atoms with Gasteiger partial charge in [0.05, 0.1) is 23.8 Å². The molecule has 1 aliphatic rings. The number of urea groups is 1. The molecule has 0 spiro atoms. The van der Waals surface area contributed by atoms with Crippen LogP contribution < -0.4 is 15.5 Å². The molecule has 1 aromatic heterocycles. The molecule has 1 unspecified atom stereocenters. The summed E-state index contributed by atoms with van der Waals surface area (Å²) in [6.45, 7) is 2.80. The molecule has 2 aromatic carbocycles. The van der Waals surface area contributed by atoms with E-state index in [0.717, 1.165) is 22.2 Å². The first kappa shape index (κ1) is 17.8. The van der Waals surface area contributed by atoms with Gasteiger partial charge in [-0.3, -0.25) is 9.88 Å². The number of fused-ring (bicyclic) bond motifs is 1. The zero-order valence-electron chi connectivity index (χ0n) is 15.4. The van der Waals surface area contributed by atoms with E-state index in [9.17, 15) is 9.59 Å². The summed E-state index contributed by atoms with van der Waals surface area (Å²) in [4.78, 5) is 30.2. The first-order valence-electron chi connectivity index (χ1n) is 9.07. The number of rotatable bonds is 4. The molecule has 7 nitrogen and oxygen atoms in total. The number of amides is 3. The van der Waals surface area contributed by atoms with E-state index in [1.165, 1.54) is 0 Å². The van der Waals surface area contributed by atoms with E-state index in [1.807, 2.05) is 61.5 Å². The minimum atomic E-state index is -0.348. The maximum atomic E-state index is 12.5. The summed E-state index contributed by atoms with van der Waals surface area (Å²) in [5.74, 6) is 0. The van der Waals surface area contributed by atoms with Gasteiger partial charge in [0.25, 0.3) is 0 Å². The molecule has 1 aliphatic heterocycles. The molecule has 4 rings (SSSR count). The zero-order chi connectivity index (χ0) is 19.5. The number of aromatic nitrogens is 1. The fraction of sp³-hybridized carbons (Fsp3) is 0.190. The smallest absolute Gasteiger partial charge is 0.414 e. The molecule has 0 aliphatic carbocycles. The van der Waals surface area contributed by atoms with E-state index < -0.39 is 0 Å². The molecule has 1 atom stereocenters. The minimum Gasteiger partial charge on any atom is -0.447 e. The number of nitrogens with zero attached hydrogens (tertiary/aromatic N) is 2. The summed E-state index contributed by atoms with van der Waals surface area (Å²) >= 11 is 0. The number of nitrogens with one attached hydrogen (secondary N) is 2. The van der Waals surface area contributed by atoms with Crippen LogP contribution in [0.15, 0.2) is 60.8 Å². The number of cyclic esters (lactones) is 1. The van der Waals surface area contributed by atoms with Gasteiger partial charge in [-0.25, -0.2) is 9.59 Å². The van der Waals surface area contributed by atoms with E-state index in [-0.39, 0.29) is 18.2 Å². The molecular weight excluding hydrogens is 356 g/mol. The number of para-hydroxylation sites is 1. The molecule has 2 N–H and O–H groups in total. The third-order valence-corrected chi connectivity index (χ3v) is 4.67. The Labute approximate surface area is 162 Å². The number of ether oxygens (including phenoxy) is 1. The molecule has 2 heterocycles. The van der Waals surface area contributed by atoms with Crippen LogP contribution in [0, 0.1) is 0 Å². The first-order valence-corrected chi connectivity index (χ1v) is 9.07. The maximum Gasteiger partial charge on any atom is 0.414 e. The lowest BCUT2D eigenvalue weighted by molar-refractivity contribution is 0.181. The molecule has 0 bridgehead atoms. The van der Waals surface area contributed by atoms with Crippen molar-refractivity contribution in [3.63, 3.8) is 0 Å². The molecule has 7 heteroatoms. The van der Waals surface area contributed by atoms with Gasteiger partial charge in [0, 0.05) is 17.3 Å². The van der Waals surface area contributed by atoms with E-state index >= 15 is 0 Å². The van der Waals surface area contributed by atoms with Gasteiger partial charge in [-0.15, -0.1) is 0 Å². The van der Waals surface area contributed by atoms with Crippen molar-refractivity contribution in [3.05, 3.63) is 66.4 Å². The molecule has 0 saturated carbocycles. The number of carbonyl (C=O) groups excluding carboxylic acids is 2. The second-order valence-corrected chi connectivity index (χ2v) is 6.56. The second-order valence-electron chi connectivity index (χ2n) is 6.56. The quantitative estimate of drug-likeness (QED) is 0.719. The van der Waals surface area contributed by atoms with Gasteiger partial charge >= 0.3 is 12.1 Å². The Bertz CT molecular complexity index is 1030. The Morgan fingerprint density at radius 3 is 2.82 bits per heavy atom. The number of hydrogen-bond donors (Lipinski definition) is 2. The van der Waals surface area contributed by atoms with Crippen molar-refractivity contribution >= 4 is 34.4 Å². The SMILES string of the molecule is CC(NC(=O)Nc1cccc2cccnc12)c1cccc(N2CCOC2=O)c1. The van der Waals surface area contributed by atoms with Crippen LogP contribution >= 0.6 is 0 Å². The van der Waals surface area contributed by atoms with Crippen LogP contribution in [-0.2, 0) is 4.74 Å². The molecule has 3 aromatic rings. The molecule has 0 radical (unpaired) electrons. The molecule has 142 valence electrons.